The van der Waals surface area contributed by atoms with Crippen molar-refractivity contribution in [2.24, 2.45) is 5.92 Å². The maximum absolute atomic E-state index is 3.25. The van der Waals surface area contributed by atoms with E-state index in [0.29, 0.717) is 5.92 Å². The van der Waals surface area contributed by atoms with Gasteiger partial charge in [-0.2, -0.15) is 0 Å². The van der Waals surface area contributed by atoms with Crippen LogP contribution in [-0.4, -0.2) is 5.75 Å². The molecule has 0 aromatic rings. The smallest absolute Gasteiger partial charge is 0.0250 e. The lowest BCUT2D eigenvalue weighted by atomic mass is 9.98. The Morgan fingerprint density at radius 3 is 3.44 bits per heavy atom. The van der Waals surface area contributed by atoms with E-state index < -0.39 is 0 Å². The van der Waals surface area contributed by atoms with E-state index in [1.807, 2.05) is 0 Å². The fourth-order valence-corrected chi connectivity index (χ4v) is 1.99. The zero-order valence-corrected chi connectivity index (χ0v) is 5.82. The lowest BCUT2D eigenvalue weighted by molar-refractivity contribution is 0.916. The van der Waals surface area contributed by atoms with Crippen molar-refractivity contribution in [2.45, 2.75) is 0 Å². The first-order chi connectivity index (χ1) is 4.47. The van der Waals surface area contributed by atoms with E-state index in [-0.39, 0.29) is 0 Å². The van der Waals surface area contributed by atoms with Crippen LogP contribution in [0.1, 0.15) is 0 Å². The molecule has 0 saturated heterocycles. The van der Waals surface area contributed by atoms with Crippen LogP contribution in [0.4, 0.5) is 0 Å². The monoisotopic (exact) mass is 135 g/mol. The van der Waals surface area contributed by atoms with Crippen LogP contribution < -0.4 is 0 Å². The van der Waals surface area contributed by atoms with Gasteiger partial charge in [-0.3, -0.25) is 0 Å². The summed E-state index contributed by atoms with van der Waals surface area (Å²) in [6.07, 6.45) is 8.57. The molecule has 0 fully saturated rings. The van der Waals surface area contributed by atoms with E-state index >= 15 is 0 Å². The Bertz CT molecular complexity index is 196. The number of fused-ring (bicyclic) bond motifs is 1. The van der Waals surface area contributed by atoms with E-state index in [1.54, 1.807) is 11.8 Å². The minimum atomic E-state index is 0.667. The molecule has 0 aromatic heterocycles. The molecule has 1 aliphatic carbocycles. The van der Waals surface area contributed by atoms with Gasteiger partial charge in [0.15, 0.2) is 0 Å². The van der Waals surface area contributed by atoms with Gasteiger partial charge >= 0.3 is 0 Å². The third-order valence-corrected chi connectivity index (χ3v) is 2.49. The number of hydrogen-bond donors (Lipinski definition) is 0. The molecule has 0 nitrogen and oxygen atoms in total. The Hall–Kier alpha value is -0.430. The molecule has 2 rings (SSSR count). The molecule has 45 valence electrons. The van der Waals surface area contributed by atoms with Gasteiger partial charge in [-0.1, -0.05) is 24.3 Å². The normalized spacial score (nSPS) is 30.2. The minimum absolute atomic E-state index is 0.667. The fraction of sp³-hybridized carbons (Fsp3) is 0.250. The molecule has 0 amide bonds. The fourth-order valence-electron chi connectivity index (χ4n) is 1.05. The average molecular weight is 135 g/mol. The lowest BCUT2D eigenvalue weighted by Gasteiger charge is -2.06. The van der Waals surface area contributed by atoms with Gasteiger partial charge in [0.05, 0.1) is 0 Å². The van der Waals surface area contributed by atoms with E-state index in [2.05, 4.69) is 29.7 Å². The number of hydrogen-bond acceptors (Lipinski definition) is 1. The quantitative estimate of drug-likeness (QED) is 0.490. The highest BCUT2D eigenvalue weighted by Gasteiger charge is 2.16. The lowest BCUT2D eigenvalue weighted by Crippen LogP contribution is -1.98. The van der Waals surface area contributed by atoms with Crippen LogP contribution in [-0.2, 0) is 0 Å². The first-order valence-corrected chi connectivity index (χ1v) is 4.05. The summed E-state index contributed by atoms with van der Waals surface area (Å²) in [4.78, 5) is 0. The topological polar surface area (TPSA) is 0 Å². The molecule has 0 N–H and O–H groups in total. The molecule has 1 atom stereocenters. The Morgan fingerprint density at radius 2 is 2.56 bits per heavy atom. The van der Waals surface area contributed by atoms with Gasteiger partial charge < -0.3 is 0 Å². The van der Waals surface area contributed by atoms with Crippen molar-refractivity contribution < 1.29 is 0 Å². The molecule has 1 heterocycles. The molecule has 0 saturated carbocycles. The third kappa shape index (κ3) is 0.855. The maximum atomic E-state index is 3.25. The van der Waals surface area contributed by atoms with Gasteiger partial charge in [0, 0.05) is 17.1 Å². The Kier molecular flexibility index (Phi) is 1.23. The second-order valence-corrected chi connectivity index (χ2v) is 3.05. The van der Waals surface area contributed by atoms with Crippen molar-refractivity contribution in [3.63, 3.8) is 0 Å². The van der Waals surface area contributed by atoms with Crippen LogP contribution in [0, 0.1) is 11.3 Å². The van der Waals surface area contributed by atoms with E-state index in [0.717, 1.165) is 0 Å². The van der Waals surface area contributed by atoms with Crippen LogP contribution in [0.15, 0.2) is 29.9 Å². The van der Waals surface area contributed by atoms with E-state index in [9.17, 15) is 0 Å². The maximum Gasteiger partial charge on any atom is 0.0250 e. The molecule has 1 heteroatoms. The average Bonchev–Trinajstić information content (AvgIpc) is 2.33. The van der Waals surface area contributed by atoms with Gasteiger partial charge in [-0.25, -0.2) is 0 Å². The summed E-state index contributed by atoms with van der Waals surface area (Å²) >= 11 is 1.79. The van der Waals surface area contributed by atoms with Gasteiger partial charge in [0.2, 0.25) is 0 Å². The molecule has 0 aromatic carbocycles. The summed E-state index contributed by atoms with van der Waals surface area (Å²) in [5.74, 6) is 1.86. The van der Waals surface area contributed by atoms with Crippen molar-refractivity contribution in [3.05, 3.63) is 35.3 Å². The molecule has 1 aliphatic heterocycles. The number of allylic oxidation sites excluding steroid dienone is 5. The van der Waals surface area contributed by atoms with Crippen molar-refractivity contribution >= 4 is 11.8 Å². The predicted molar refractivity (Wildman–Crippen MR) is 41.0 cm³/mol. The molecule has 1 unspecified atom stereocenters. The standard InChI is InChI=1S/C8H7S/c1-2-4-8-6-9-5-7(8)3-1/h1-4,7H,5H2. The molecular weight excluding hydrogens is 128 g/mol. The van der Waals surface area contributed by atoms with Crippen LogP contribution in [0.5, 0.6) is 0 Å². The van der Waals surface area contributed by atoms with Gasteiger partial charge in [0.1, 0.15) is 0 Å². The van der Waals surface area contributed by atoms with Crippen molar-refractivity contribution in [3.8, 4) is 0 Å². The summed E-state index contributed by atoms with van der Waals surface area (Å²) in [7, 11) is 0. The number of thioether (sulfide) groups is 1. The van der Waals surface area contributed by atoms with Crippen molar-refractivity contribution in [1.29, 1.82) is 0 Å². The van der Waals surface area contributed by atoms with Gasteiger partial charge in [0.25, 0.3) is 0 Å². The summed E-state index contributed by atoms with van der Waals surface area (Å²) in [5, 5.41) is 3.25. The Balaban J connectivity index is 2.33. The molecular formula is C8H7S. The van der Waals surface area contributed by atoms with Crippen LogP contribution in [0.3, 0.4) is 0 Å². The van der Waals surface area contributed by atoms with Crippen LogP contribution in [0.2, 0.25) is 0 Å². The van der Waals surface area contributed by atoms with Gasteiger partial charge in [-0.15, -0.1) is 11.8 Å². The van der Waals surface area contributed by atoms with Gasteiger partial charge in [-0.05, 0) is 5.57 Å². The van der Waals surface area contributed by atoms with Crippen molar-refractivity contribution in [1.82, 2.24) is 0 Å². The molecule has 0 spiro atoms. The Morgan fingerprint density at radius 1 is 1.56 bits per heavy atom. The highest BCUT2D eigenvalue weighted by molar-refractivity contribution is 8.01. The molecule has 1 radical (unpaired) electrons. The summed E-state index contributed by atoms with van der Waals surface area (Å²) in [6, 6.07) is 0. The highest BCUT2D eigenvalue weighted by atomic mass is 32.2. The second kappa shape index (κ2) is 2.07. The van der Waals surface area contributed by atoms with Crippen molar-refractivity contribution in [2.75, 3.05) is 5.75 Å². The summed E-state index contributed by atoms with van der Waals surface area (Å²) < 4.78 is 0. The van der Waals surface area contributed by atoms with E-state index in [1.165, 1.54) is 11.3 Å². The first kappa shape index (κ1) is 5.36. The zero-order valence-electron chi connectivity index (χ0n) is 5.00. The molecule has 2 aliphatic rings. The zero-order chi connectivity index (χ0) is 6.10. The first-order valence-electron chi connectivity index (χ1n) is 3.06. The summed E-state index contributed by atoms with van der Waals surface area (Å²) in [5.41, 5.74) is 1.36. The third-order valence-electron chi connectivity index (χ3n) is 1.58. The minimum Gasteiger partial charge on any atom is -0.124 e. The largest absolute Gasteiger partial charge is 0.124 e. The van der Waals surface area contributed by atoms with Crippen LogP contribution >= 0.6 is 11.8 Å². The molecule has 9 heavy (non-hydrogen) atoms. The summed E-state index contributed by atoms with van der Waals surface area (Å²) in [6.45, 7) is 0. The highest BCUT2D eigenvalue weighted by Crippen LogP contribution is 2.30. The predicted octanol–water partition coefficient (Wildman–Crippen LogP) is 2.16. The Labute approximate surface area is 59.3 Å². The number of rotatable bonds is 0. The van der Waals surface area contributed by atoms with E-state index in [4.69, 9.17) is 0 Å². The second-order valence-electron chi connectivity index (χ2n) is 2.22. The molecule has 0 bridgehead atoms. The van der Waals surface area contributed by atoms with Crippen LogP contribution in [0.25, 0.3) is 0 Å². The SMILES string of the molecule is [C]1=C2C=CC=CC2CS1.